The van der Waals surface area contributed by atoms with Crippen molar-refractivity contribution in [2.75, 3.05) is 12.0 Å². The molecule has 0 saturated heterocycles. The number of aromatic nitrogens is 2. The van der Waals surface area contributed by atoms with E-state index in [0.29, 0.717) is 24.1 Å². The zero-order valence-corrected chi connectivity index (χ0v) is 20.8. The van der Waals surface area contributed by atoms with Crippen molar-refractivity contribution in [2.45, 2.75) is 51.1 Å². The number of hydrogen-bond donors (Lipinski definition) is 1. The summed E-state index contributed by atoms with van der Waals surface area (Å²) in [5.74, 6) is -1.40. The SMILES string of the molecule is COC(=O)C1CC(NC(=O)C(c2cccnc2)N(C(=O)c2cocn2)c2ccc(C(C)(C)C)cc2)C1. The Bertz CT molecular complexity index is 1200. The fourth-order valence-corrected chi connectivity index (χ4v) is 4.28. The van der Waals surface area contributed by atoms with Gasteiger partial charge in [0, 0.05) is 29.7 Å². The molecule has 1 saturated carbocycles. The number of rotatable bonds is 7. The summed E-state index contributed by atoms with van der Waals surface area (Å²) in [6, 6.07) is 9.79. The summed E-state index contributed by atoms with van der Waals surface area (Å²) in [7, 11) is 1.35. The van der Waals surface area contributed by atoms with E-state index in [0.717, 1.165) is 5.56 Å². The summed E-state index contributed by atoms with van der Waals surface area (Å²) in [6.45, 7) is 6.31. The predicted octanol–water partition coefficient (Wildman–Crippen LogP) is 3.82. The third-order valence-corrected chi connectivity index (χ3v) is 6.41. The van der Waals surface area contributed by atoms with Crippen LogP contribution >= 0.6 is 0 Å². The summed E-state index contributed by atoms with van der Waals surface area (Å²) < 4.78 is 9.85. The summed E-state index contributed by atoms with van der Waals surface area (Å²) in [5, 5.41) is 3.00. The molecule has 36 heavy (non-hydrogen) atoms. The Balaban J connectivity index is 1.71. The average Bonchev–Trinajstić information content (AvgIpc) is 3.39. The number of nitrogens with one attached hydrogen (secondary N) is 1. The van der Waals surface area contributed by atoms with Gasteiger partial charge in [-0.1, -0.05) is 39.0 Å². The van der Waals surface area contributed by atoms with Gasteiger partial charge in [-0.05, 0) is 42.0 Å². The van der Waals surface area contributed by atoms with Crippen molar-refractivity contribution >= 4 is 23.5 Å². The van der Waals surface area contributed by atoms with Crippen molar-refractivity contribution in [3.05, 3.63) is 78.3 Å². The second-order valence-corrected chi connectivity index (χ2v) is 9.93. The molecule has 0 radical (unpaired) electrons. The van der Waals surface area contributed by atoms with E-state index in [1.54, 1.807) is 24.5 Å². The van der Waals surface area contributed by atoms with E-state index < -0.39 is 11.9 Å². The smallest absolute Gasteiger partial charge is 0.308 e. The molecule has 188 valence electrons. The Morgan fingerprint density at radius 2 is 1.86 bits per heavy atom. The van der Waals surface area contributed by atoms with Gasteiger partial charge in [0.2, 0.25) is 5.91 Å². The number of oxazole rings is 1. The van der Waals surface area contributed by atoms with Crippen molar-refractivity contribution in [2.24, 2.45) is 5.92 Å². The molecule has 1 atom stereocenters. The molecular weight excluding hydrogens is 460 g/mol. The molecule has 9 nitrogen and oxygen atoms in total. The molecule has 2 aromatic heterocycles. The molecule has 1 aromatic carbocycles. The number of hydrogen-bond acceptors (Lipinski definition) is 7. The van der Waals surface area contributed by atoms with E-state index in [4.69, 9.17) is 9.15 Å². The average molecular weight is 491 g/mol. The quantitative estimate of drug-likeness (QED) is 0.501. The minimum absolute atomic E-state index is 0.0750. The highest BCUT2D eigenvalue weighted by molar-refractivity contribution is 6.09. The molecule has 0 spiro atoms. The molecule has 1 aliphatic carbocycles. The van der Waals surface area contributed by atoms with Crippen LogP contribution in [0.15, 0.2) is 65.9 Å². The van der Waals surface area contributed by atoms with Crippen molar-refractivity contribution in [1.29, 1.82) is 0 Å². The first-order valence-corrected chi connectivity index (χ1v) is 11.8. The van der Waals surface area contributed by atoms with Crippen molar-refractivity contribution < 1.29 is 23.5 Å². The summed E-state index contributed by atoms with van der Waals surface area (Å²) in [5.41, 5.74) is 2.15. The van der Waals surface area contributed by atoms with E-state index in [1.165, 1.54) is 24.7 Å². The number of esters is 1. The largest absolute Gasteiger partial charge is 0.469 e. The van der Waals surface area contributed by atoms with E-state index >= 15 is 0 Å². The zero-order valence-electron chi connectivity index (χ0n) is 20.8. The highest BCUT2D eigenvalue weighted by Gasteiger charge is 2.40. The van der Waals surface area contributed by atoms with Gasteiger partial charge >= 0.3 is 5.97 Å². The maximum absolute atomic E-state index is 13.7. The van der Waals surface area contributed by atoms with Gasteiger partial charge in [0.15, 0.2) is 12.1 Å². The Hall–Kier alpha value is -4.01. The lowest BCUT2D eigenvalue weighted by Crippen LogP contribution is -2.51. The Labute approximate surface area is 209 Å². The Morgan fingerprint density at radius 3 is 2.42 bits per heavy atom. The van der Waals surface area contributed by atoms with Crippen molar-refractivity contribution in [3.8, 4) is 0 Å². The normalized spacial score (nSPS) is 18.0. The number of carbonyl (C=O) groups is 3. The van der Waals surface area contributed by atoms with E-state index in [2.05, 4.69) is 36.1 Å². The summed E-state index contributed by atoms with van der Waals surface area (Å²) in [6.07, 6.45) is 6.56. The minimum atomic E-state index is -1.03. The van der Waals surface area contributed by atoms with Crippen molar-refractivity contribution in [3.63, 3.8) is 0 Å². The van der Waals surface area contributed by atoms with Crippen LogP contribution in [0, 0.1) is 5.92 Å². The molecule has 4 rings (SSSR count). The van der Waals surface area contributed by atoms with Crippen molar-refractivity contribution in [1.82, 2.24) is 15.3 Å². The van der Waals surface area contributed by atoms with Gasteiger partial charge in [-0.15, -0.1) is 0 Å². The lowest BCUT2D eigenvalue weighted by molar-refractivity contribution is -0.149. The maximum Gasteiger partial charge on any atom is 0.308 e. The molecule has 0 aliphatic heterocycles. The number of pyridine rings is 1. The number of methoxy groups -OCH3 is 1. The number of carbonyl (C=O) groups excluding carboxylic acids is 3. The van der Waals surface area contributed by atoms with Gasteiger partial charge in [-0.25, -0.2) is 4.98 Å². The Kier molecular flexibility index (Phi) is 7.19. The van der Waals surface area contributed by atoms with Crippen LogP contribution in [0.2, 0.25) is 0 Å². The highest BCUT2D eigenvalue weighted by Crippen LogP contribution is 2.33. The summed E-state index contributed by atoms with van der Waals surface area (Å²) >= 11 is 0. The fourth-order valence-electron chi connectivity index (χ4n) is 4.28. The van der Waals surface area contributed by atoms with E-state index in [-0.39, 0.29) is 34.9 Å². The maximum atomic E-state index is 13.7. The van der Waals surface area contributed by atoms with Gasteiger partial charge in [0.25, 0.3) is 5.91 Å². The monoisotopic (exact) mass is 490 g/mol. The number of benzene rings is 1. The predicted molar refractivity (Wildman–Crippen MR) is 132 cm³/mol. The first-order chi connectivity index (χ1) is 17.2. The first kappa shape index (κ1) is 25.1. The van der Waals surface area contributed by atoms with Crippen LogP contribution in [-0.2, 0) is 19.7 Å². The van der Waals surface area contributed by atoms with Crippen LogP contribution in [0.4, 0.5) is 5.69 Å². The summed E-state index contributed by atoms with van der Waals surface area (Å²) in [4.78, 5) is 48.8. The zero-order chi connectivity index (χ0) is 25.9. The number of nitrogens with zero attached hydrogens (tertiary/aromatic N) is 3. The molecule has 1 N–H and O–H groups in total. The van der Waals surface area contributed by atoms with Crippen LogP contribution in [0.25, 0.3) is 0 Å². The van der Waals surface area contributed by atoms with Crippen LogP contribution in [-0.4, -0.2) is 40.9 Å². The molecule has 1 fully saturated rings. The Morgan fingerprint density at radius 1 is 1.14 bits per heavy atom. The second kappa shape index (κ2) is 10.3. The molecule has 0 bridgehead atoms. The van der Waals surface area contributed by atoms with Gasteiger partial charge in [0.05, 0.1) is 13.0 Å². The molecular formula is C27H30N4O5. The molecule has 2 amide bonds. The third kappa shape index (κ3) is 5.30. The molecule has 1 unspecified atom stereocenters. The van der Waals surface area contributed by atoms with E-state index in [1.807, 2.05) is 24.3 Å². The standard InChI is InChI=1S/C27H30N4O5/c1-27(2,3)19-7-9-21(10-8-19)31(25(33)22-15-36-16-29-22)23(17-6-5-11-28-14-17)24(32)30-20-12-18(13-20)26(34)35-4/h5-11,14-16,18,20,23H,12-13H2,1-4H3,(H,30,32). The molecule has 2 heterocycles. The highest BCUT2D eigenvalue weighted by atomic mass is 16.5. The van der Waals surface area contributed by atoms with Crippen LogP contribution in [0.3, 0.4) is 0 Å². The van der Waals surface area contributed by atoms with Crippen LogP contribution < -0.4 is 10.2 Å². The topological polar surface area (TPSA) is 115 Å². The molecule has 3 aromatic rings. The lowest BCUT2D eigenvalue weighted by Gasteiger charge is -2.37. The van der Waals surface area contributed by atoms with Gasteiger partial charge in [-0.3, -0.25) is 24.3 Å². The number of ether oxygens (including phenoxy) is 1. The van der Waals surface area contributed by atoms with Crippen LogP contribution in [0.1, 0.15) is 61.3 Å². The lowest BCUT2D eigenvalue weighted by atomic mass is 9.80. The van der Waals surface area contributed by atoms with Gasteiger partial charge in [0.1, 0.15) is 12.3 Å². The number of amides is 2. The third-order valence-electron chi connectivity index (χ3n) is 6.41. The van der Waals surface area contributed by atoms with Crippen LogP contribution in [0.5, 0.6) is 0 Å². The minimum Gasteiger partial charge on any atom is -0.469 e. The fraction of sp³-hybridized carbons (Fsp3) is 0.370. The number of anilines is 1. The van der Waals surface area contributed by atoms with E-state index in [9.17, 15) is 14.4 Å². The second-order valence-electron chi connectivity index (χ2n) is 9.93. The first-order valence-electron chi connectivity index (χ1n) is 11.8. The van der Waals surface area contributed by atoms with Gasteiger partial charge < -0.3 is 14.5 Å². The molecule has 9 heteroatoms. The molecule has 1 aliphatic rings. The van der Waals surface area contributed by atoms with Gasteiger partial charge in [-0.2, -0.15) is 0 Å².